The largest absolute Gasteiger partial charge is 0.506 e. The minimum atomic E-state index is -0.0958. The summed E-state index contributed by atoms with van der Waals surface area (Å²) in [6.07, 6.45) is 3.42. The normalized spacial score (nSPS) is 22.8. The van der Waals surface area contributed by atoms with E-state index >= 15 is 0 Å². The van der Waals surface area contributed by atoms with Gasteiger partial charge < -0.3 is 10.1 Å². The quantitative estimate of drug-likeness (QED) is 0.696. The average Bonchev–Trinajstić information content (AvgIpc) is 2.56. The second-order valence-corrected chi connectivity index (χ2v) is 3.78. The lowest BCUT2D eigenvalue weighted by molar-refractivity contribution is 0.314. The zero-order chi connectivity index (χ0) is 10.1. The number of nitrogens with zero attached hydrogens (tertiary/aromatic N) is 1. The summed E-state index contributed by atoms with van der Waals surface area (Å²) in [7, 11) is 2.00. The molecule has 1 fully saturated rings. The first kappa shape index (κ1) is 9.27. The first-order valence-corrected chi connectivity index (χ1v) is 4.80. The van der Waals surface area contributed by atoms with Crippen LogP contribution in [0.15, 0.2) is 17.1 Å². The van der Waals surface area contributed by atoms with Gasteiger partial charge in [0.1, 0.15) is 5.75 Å². The van der Waals surface area contributed by atoms with Gasteiger partial charge in [-0.1, -0.05) is 0 Å². The Morgan fingerprint density at radius 2 is 2.43 bits per heavy atom. The highest BCUT2D eigenvalue weighted by atomic mass is 16.3. The van der Waals surface area contributed by atoms with E-state index in [4.69, 9.17) is 0 Å². The van der Waals surface area contributed by atoms with E-state index in [1.165, 1.54) is 6.20 Å². The van der Waals surface area contributed by atoms with E-state index in [2.05, 4.69) is 9.88 Å². The predicted octanol–water partition coefficient (Wildman–Crippen LogP) is 0.847. The first-order valence-electron chi connectivity index (χ1n) is 4.80. The molecule has 1 aliphatic rings. The van der Waals surface area contributed by atoms with Crippen molar-refractivity contribution in [2.24, 2.45) is 0 Å². The minimum Gasteiger partial charge on any atom is -0.506 e. The van der Waals surface area contributed by atoms with Crippen molar-refractivity contribution < 1.29 is 5.11 Å². The number of aromatic nitrogens is 1. The third-order valence-corrected chi connectivity index (χ3v) is 2.80. The van der Waals surface area contributed by atoms with Gasteiger partial charge in [-0.3, -0.25) is 9.69 Å². The van der Waals surface area contributed by atoms with E-state index in [1.807, 2.05) is 7.05 Å². The number of aromatic hydroxyl groups is 1. The summed E-state index contributed by atoms with van der Waals surface area (Å²) in [6.45, 7) is 1.01. The summed E-state index contributed by atoms with van der Waals surface area (Å²) in [6, 6.07) is 1.72. The number of aromatic amines is 1. The second kappa shape index (κ2) is 3.46. The zero-order valence-corrected chi connectivity index (χ0v) is 8.16. The van der Waals surface area contributed by atoms with Crippen molar-refractivity contribution in [3.8, 4) is 5.75 Å². The predicted molar refractivity (Wildman–Crippen MR) is 53.3 cm³/mol. The summed E-state index contributed by atoms with van der Waals surface area (Å²) < 4.78 is 0. The summed E-state index contributed by atoms with van der Waals surface area (Å²) in [5.41, 5.74) is 0.576. The fraction of sp³-hybridized carbons (Fsp3) is 0.500. The maximum atomic E-state index is 11.5. The van der Waals surface area contributed by atoms with Crippen LogP contribution in [0.5, 0.6) is 5.75 Å². The Morgan fingerprint density at radius 1 is 1.64 bits per heavy atom. The van der Waals surface area contributed by atoms with Crippen LogP contribution in [0, 0.1) is 0 Å². The molecule has 0 radical (unpaired) electrons. The number of rotatable bonds is 1. The van der Waals surface area contributed by atoms with Crippen molar-refractivity contribution >= 4 is 0 Å². The Morgan fingerprint density at radius 3 is 3.07 bits per heavy atom. The molecule has 0 aromatic carbocycles. The molecule has 0 amide bonds. The number of nitrogens with one attached hydrogen (secondary N) is 1. The Balaban J connectivity index is 2.40. The maximum absolute atomic E-state index is 11.5. The topological polar surface area (TPSA) is 56.3 Å². The molecule has 2 heterocycles. The van der Waals surface area contributed by atoms with E-state index in [0.717, 1.165) is 19.4 Å². The lowest BCUT2D eigenvalue weighted by Crippen LogP contribution is -2.24. The Kier molecular flexibility index (Phi) is 2.29. The van der Waals surface area contributed by atoms with E-state index in [9.17, 15) is 9.90 Å². The van der Waals surface area contributed by atoms with Crippen LogP contribution in [-0.4, -0.2) is 28.6 Å². The van der Waals surface area contributed by atoms with Crippen LogP contribution in [0.4, 0.5) is 0 Å². The fourth-order valence-corrected chi connectivity index (χ4v) is 2.04. The summed E-state index contributed by atoms with van der Waals surface area (Å²) in [5.74, 6) is 0.125. The smallest absolute Gasteiger partial charge is 0.252 e. The van der Waals surface area contributed by atoms with Crippen LogP contribution in [0.1, 0.15) is 24.4 Å². The van der Waals surface area contributed by atoms with E-state index in [-0.39, 0.29) is 17.4 Å². The standard InChI is InChI=1S/C10H14N2O2/c1-12-4-2-3-9(12)8-5-7(13)6-11-10(8)14/h5-6,9,13H,2-4H2,1H3,(H,11,14). The zero-order valence-electron chi connectivity index (χ0n) is 8.16. The van der Waals surface area contributed by atoms with Crippen LogP contribution >= 0.6 is 0 Å². The molecule has 14 heavy (non-hydrogen) atoms. The van der Waals surface area contributed by atoms with Crippen LogP contribution in [0.25, 0.3) is 0 Å². The molecule has 76 valence electrons. The molecule has 4 nitrogen and oxygen atoms in total. The van der Waals surface area contributed by atoms with Crippen molar-refractivity contribution in [2.75, 3.05) is 13.6 Å². The van der Waals surface area contributed by atoms with Gasteiger partial charge in [-0.25, -0.2) is 0 Å². The molecular formula is C10H14N2O2. The second-order valence-electron chi connectivity index (χ2n) is 3.78. The minimum absolute atomic E-state index is 0.0958. The first-order chi connectivity index (χ1) is 6.68. The van der Waals surface area contributed by atoms with Crippen molar-refractivity contribution in [3.05, 3.63) is 28.2 Å². The van der Waals surface area contributed by atoms with Crippen LogP contribution in [0.3, 0.4) is 0 Å². The van der Waals surface area contributed by atoms with Crippen molar-refractivity contribution in [1.82, 2.24) is 9.88 Å². The van der Waals surface area contributed by atoms with Gasteiger partial charge in [0.05, 0.1) is 0 Å². The van der Waals surface area contributed by atoms with E-state index < -0.39 is 0 Å². The van der Waals surface area contributed by atoms with E-state index in [0.29, 0.717) is 5.56 Å². The monoisotopic (exact) mass is 194 g/mol. The highest BCUT2D eigenvalue weighted by Gasteiger charge is 2.24. The van der Waals surface area contributed by atoms with Crippen LogP contribution in [-0.2, 0) is 0 Å². The van der Waals surface area contributed by atoms with Gasteiger partial charge in [0.15, 0.2) is 0 Å². The molecule has 0 spiro atoms. The number of hydrogen-bond donors (Lipinski definition) is 2. The van der Waals surface area contributed by atoms with Gasteiger partial charge in [-0.2, -0.15) is 0 Å². The highest BCUT2D eigenvalue weighted by molar-refractivity contribution is 5.25. The van der Waals surface area contributed by atoms with Crippen molar-refractivity contribution in [2.45, 2.75) is 18.9 Å². The molecule has 1 aromatic heterocycles. The molecule has 1 aromatic rings. The number of hydrogen-bond acceptors (Lipinski definition) is 3. The summed E-state index contributed by atoms with van der Waals surface area (Å²) in [4.78, 5) is 16.2. The van der Waals surface area contributed by atoms with Gasteiger partial charge in [-0.05, 0) is 32.5 Å². The molecule has 0 aliphatic carbocycles. The molecular weight excluding hydrogens is 180 g/mol. The molecule has 0 saturated carbocycles. The summed E-state index contributed by atoms with van der Waals surface area (Å²) >= 11 is 0. The highest BCUT2D eigenvalue weighted by Crippen LogP contribution is 2.29. The molecule has 1 atom stereocenters. The number of pyridine rings is 1. The Hall–Kier alpha value is -1.29. The molecule has 1 unspecified atom stereocenters. The lowest BCUT2D eigenvalue weighted by Gasteiger charge is -2.18. The average molecular weight is 194 g/mol. The Bertz CT molecular complexity index is 386. The number of H-pyrrole nitrogens is 1. The Labute approximate surface area is 82.2 Å². The third kappa shape index (κ3) is 1.53. The van der Waals surface area contributed by atoms with Gasteiger partial charge >= 0.3 is 0 Å². The molecule has 1 aliphatic heterocycles. The molecule has 0 bridgehead atoms. The fourth-order valence-electron chi connectivity index (χ4n) is 2.04. The molecule has 2 rings (SSSR count). The van der Waals surface area contributed by atoms with Crippen molar-refractivity contribution in [3.63, 3.8) is 0 Å². The molecule has 2 N–H and O–H groups in total. The maximum Gasteiger partial charge on any atom is 0.252 e. The third-order valence-electron chi connectivity index (χ3n) is 2.80. The van der Waals surface area contributed by atoms with Gasteiger partial charge in [0.25, 0.3) is 5.56 Å². The molecule has 4 heteroatoms. The van der Waals surface area contributed by atoms with Gasteiger partial charge in [0.2, 0.25) is 0 Å². The SMILES string of the molecule is CN1CCCC1c1cc(O)c[nH]c1=O. The molecule has 1 saturated heterocycles. The van der Waals surface area contributed by atoms with E-state index in [1.54, 1.807) is 6.07 Å². The van der Waals surface area contributed by atoms with Gasteiger partial charge in [0, 0.05) is 17.8 Å². The number of likely N-dealkylation sites (tertiary alicyclic amines) is 1. The lowest BCUT2D eigenvalue weighted by atomic mass is 10.1. The van der Waals surface area contributed by atoms with Crippen LogP contribution < -0.4 is 5.56 Å². The van der Waals surface area contributed by atoms with Gasteiger partial charge in [-0.15, -0.1) is 0 Å². The van der Waals surface area contributed by atoms with Crippen LogP contribution in [0.2, 0.25) is 0 Å². The van der Waals surface area contributed by atoms with Crippen molar-refractivity contribution in [1.29, 1.82) is 0 Å². The summed E-state index contributed by atoms with van der Waals surface area (Å²) in [5, 5.41) is 9.30.